The maximum atomic E-state index is 14.1. The third kappa shape index (κ3) is 3.61. The van der Waals surface area contributed by atoms with Gasteiger partial charge in [-0.15, -0.1) is 0 Å². The number of rotatable bonds is 4. The Morgan fingerprint density at radius 2 is 1.79 bits per heavy atom. The lowest BCUT2D eigenvalue weighted by molar-refractivity contribution is -0.0759. The van der Waals surface area contributed by atoms with E-state index in [4.69, 9.17) is 0 Å². The van der Waals surface area contributed by atoms with E-state index in [0.29, 0.717) is 8.63 Å². The lowest BCUT2D eigenvalue weighted by Crippen LogP contribution is -2.27. The van der Waals surface area contributed by atoms with Gasteiger partial charge in [0.15, 0.2) is 11.6 Å². The van der Waals surface area contributed by atoms with Gasteiger partial charge in [0.25, 0.3) is 5.91 Å². The van der Waals surface area contributed by atoms with Crippen molar-refractivity contribution < 1.29 is 27.2 Å². The van der Waals surface area contributed by atoms with Gasteiger partial charge in [-0.2, -0.15) is 0 Å². The van der Waals surface area contributed by atoms with Gasteiger partial charge in [0.1, 0.15) is 17.2 Å². The number of hydrogen-bond donors (Lipinski definition) is 1. The highest BCUT2D eigenvalue weighted by molar-refractivity contribution is 14.1. The number of nitrogens with one attached hydrogen (secondary N) is 1. The fourth-order valence-corrected chi connectivity index (χ4v) is 2.34. The van der Waals surface area contributed by atoms with Gasteiger partial charge in [0.2, 0.25) is 0 Å². The van der Waals surface area contributed by atoms with Crippen LogP contribution < -0.4 is 5.32 Å². The number of benzene rings is 2. The average Bonchev–Trinajstić information content (AvgIpc) is 2.53. The van der Waals surface area contributed by atoms with E-state index in [0.717, 1.165) is 20.2 Å². The molecule has 0 radical (unpaired) electrons. The Morgan fingerprint density at radius 3 is 2.38 bits per heavy atom. The Bertz CT molecular complexity index is 802. The van der Waals surface area contributed by atoms with Crippen LogP contribution in [0, 0.1) is 26.8 Å². The van der Waals surface area contributed by atoms with E-state index in [-0.39, 0.29) is 11.8 Å². The highest BCUT2D eigenvalue weighted by Gasteiger charge is 2.27. The molecule has 9 heteroatoms. The van der Waals surface area contributed by atoms with Crippen LogP contribution in [0.5, 0.6) is 0 Å². The summed E-state index contributed by atoms with van der Waals surface area (Å²) in [5.74, 6) is -6.18. The quantitative estimate of drug-likeness (QED) is 0.326. The molecule has 24 heavy (non-hydrogen) atoms. The molecule has 0 aromatic heterocycles. The first-order valence-corrected chi connectivity index (χ1v) is 7.55. The van der Waals surface area contributed by atoms with Gasteiger partial charge in [-0.1, -0.05) is 0 Å². The molecule has 128 valence electrons. The molecule has 0 aliphatic carbocycles. The number of carbonyl (C=O) groups is 1. The Hall–Kier alpha value is -1.88. The number of nitrogens with zero attached hydrogens (tertiary/aromatic N) is 1. The van der Waals surface area contributed by atoms with Gasteiger partial charge >= 0.3 is 0 Å². The van der Waals surface area contributed by atoms with E-state index in [1.54, 1.807) is 0 Å². The molecule has 1 amide bonds. The predicted octanol–water partition coefficient (Wildman–Crippen LogP) is 4.22. The molecule has 0 saturated heterocycles. The molecular weight excluding hydrogens is 443 g/mol. The van der Waals surface area contributed by atoms with Crippen LogP contribution in [0.4, 0.5) is 28.9 Å². The van der Waals surface area contributed by atoms with Gasteiger partial charge in [0.05, 0.1) is 18.5 Å². The highest BCUT2D eigenvalue weighted by atomic mass is 127. The normalized spacial score (nSPS) is 10.6. The molecule has 0 heterocycles. The summed E-state index contributed by atoms with van der Waals surface area (Å²) in [6.07, 6.45) is 0. The van der Waals surface area contributed by atoms with Crippen LogP contribution in [-0.2, 0) is 4.84 Å². The molecule has 0 saturated carbocycles. The lowest BCUT2D eigenvalue weighted by atomic mass is 10.1. The van der Waals surface area contributed by atoms with Gasteiger partial charge in [-0.25, -0.2) is 22.6 Å². The summed E-state index contributed by atoms with van der Waals surface area (Å²) < 4.78 is 56.2. The second-order valence-corrected chi connectivity index (χ2v) is 5.88. The summed E-state index contributed by atoms with van der Waals surface area (Å²) in [4.78, 5) is 16.8. The molecule has 2 rings (SSSR count). The first-order valence-electron chi connectivity index (χ1n) is 6.48. The van der Waals surface area contributed by atoms with Gasteiger partial charge in [0, 0.05) is 16.7 Å². The summed E-state index contributed by atoms with van der Waals surface area (Å²) in [6, 6.07) is 4.14. The third-order valence-corrected chi connectivity index (χ3v) is 3.81. The SMILES string of the molecule is CON(C)C(=O)c1c(F)cc(F)c(F)c1Nc1ccc(I)cc1F. The number of halogens is 5. The van der Waals surface area contributed by atoms with Gasteiger partial charge in [-0.05, 0) is 40.8 Å². The fraction of sp³-hybridized carbons (Fsp3) is 0.133. The summed E-state index contributed by atoms with van der Waals surface area (Å²) in [6.45, 7) is 0. The van der Waals surface area contributed by atoms with Crippen molar-refractivity contribution in [3.8, 4) is 0 Å². The van der Waals surface area contributed by atoms with E-state index in [9.17, 15) is 22.4 Å². The minimum Gasteiger partial charge on any atom is -0.350 e. The van der Waals surface area contributed by atoms with Crippen LogP contribution >= 0.6 is 22.6 Å². The second-order valence-electron chi connectivity index (χ2n) is 4.64. The molecule has 0 fully saturated rings. The maximum absolute atomic E-state index is 14.1. The second kappa shape index (κ2) is 7.34. The molecular formula is C15H11F4IN2O2. The number of hydrogen-bond acceptors (Lipinski definition) is 3. The number of amides is 1. The van der Waals surface area contributed by atoms with Crippen molar-refractivity contribution in [1.82, 2.24) is 5.06 Å². The Kier molecular flexibility index (Phi) is 5.65. The molecule has 1 N–H and O–H groups in total. The zero-order valence-electron chi connectivity index (χ0n) is 12.5. The van der Waals surface area contributed by atoms with Crippen LogP contribution in [0.1, 0.15) is 10.4 Å². The minimum atomic E-state index is -1.52. The van der Waals surface area contributed by atoms with E-state index in [1.807, 2.05) is 22.6 Å². The number of carbonyl (C=O) groups excluding carboxylic acids is 1. The van der Waals surface area contributed by atoms with Gasteiger partial charge < -0.3 is 5.32 Å². The van der Waals surface area contributed by atoms with Crippen LogP contribution in [-0.4, -0.2) is 25.1 Å². The van der Waals surface area contributed by atoms with Crippen molar-refractivity contribution in [2.24, 2.45) is 0 Å². The van der Waals surface area contributed by atoms with Crippen molar-refractivity contribution in [2.75, 3.05) is 19.5 Å². The van der Waals surface area contributed by atoms with Crippen molar-refractivity contribution in [3.63, 3.8) is 0 Å². The number of anilines is 2. The first-order chi connectivity index (χ1) is 11.3. The summed E-state index contributed by atoms with van der Waals surface area (Å²) >= 11 is 1.86. The first kappa shape index (κ1) is 18.5. The fourth-order valence-electron chi connectivity index (χ4n) is 1.89. The number of hydroxylamine groups is 2. The Balaban J connectivity index is 2.60. The molecule has 0 spiro atoms. The Morgan fingerprint density at radius 1 is 1.12 bits per heavy atom. The largest absolute Gasteiger partial charge is 0.350 e. The van der Waals surface area contributed by atoms with Gasteiger partial charge in [-0.3, -0.25) is 9.63 Å². The molecule has 2 aromatic rings. The van der Waals surface area contributed by atoms with Crippen LogP contribution in [0.2, 0.25) is 0 Å². The van der Waals surface area contributed by atoms with E-state index >= 15 is 0 Å². The van der Waals surface area contributed by atoms with Crippen LogP contribution in [0.15, 0.2) is 24.3 Å². The van der Waals surface area contributed by atoms with Crippen molar-refractivity contribution in [1.29, 1.82) is 0 Å². The smallest absolute Gasteiger partial charge is 0.282 e. The molecule has 0 aliphatic rings. The average molecular weight is 454 g/mol. The molecule has 0 unspecified atom stereocenters. The van der Waals surface area contributed by atoms with E-state index < -0.39 is 40.4 Å². The lowest BCUT2D eigenvalue weighted by Gasteiger charge is -2.18. The maximum Gasteiger partial charge on any atom is 0.282 e. The van der Waals surface area contributed by atoms with E-state index in [1.165, 1.54) is 12.1 Å². The van der Waals surface area contributed by atoms with E-state index in [2.05, 4.69) is 10.2 Å². The zero-order valence-corrected chi connectivity index (χ0v) is 14.6. The molecule has 0 bridgehead atoms. The van der Waals surface area contributed by atoms with Crippen molar-refractivity contribution in [2.45, 2.75) is 0 Å². The minimum absolute atomic E-state index is 0.238. The molecule has 0 aliphatic heterocycles. The van der Waals surface area contributed by atoms with Crippen LogP contribution in [0.3, 0.4) is 0 Å². The monoisotopic (exact) mass is 454 g/mol. The van der Waals surface area contributed by atoms with Crippen LogP contribution in [0.25, 0.3) is 0 Å². The topological polar surface area (TPSA) is 41.6 Å². The Labute approximate surface area is 148 Å². The standard InChI is InChI=1S/C15H11F4IN2O2/c1-22(24-2)15(23)12-9(17)6-10(18)13(19)14(12)21-11-4-3-7(20)5-8(11)16/h3-6,21H,1-2H3. The highest BCUT2D eigenvalue weighted by Crippen LogP contribution is 2.31. The zero-order chi connectivity index (χ0) is 18.0. The summed E-state index contributed by atoms with van der Waals surface area (Å²) in [5, 5.41) is 2.87. The van der Waals surface area contributed by atoms with Crippen molar-refractivity contribution in [3.05, 3.63) is 56.7 Å². The molecule has 2 aromatic carbocycles. The third-order valence-electron chi connectivity index (χ3n) is 3.14. The van der Waals surface area contributed by atoms with Crippen molar-refractivity contribution >= 4 is 39.9 Å². The molecule has 0 atom stereocenters. The summed E-state index contributed by atoms with van der Waals surface area (Å²) in [7, 11) is 2.31. The molecule has 4 nitrogen and oxygen atoms in total. The predicted molar refractivity (Wildman–Crippen MR) is 87.8 cm³/mol. The summed E-state index contributed by atoms with van der Waals surface area (Å²) in [5.41, 5.74) is -1.87.